The van der Waals surface area contributed by atoms with Gasteiger partial charge in [-0.25, -0.2) is 4.98 Å². The minimum Gasteiger partial charge on any atom is -0.379 e. The Kier molecular flexibility index (Phi) is 7.35. The van der Waals surface area contributed by atoms with Crippen LogP contribution in [0.2, 0.25) is 0 Å². The lowest BCUT2D eigenvalue weighted by Crippen LogP contribution is -2.52. The lowest BCUT2D eigenvalue weighted by atomic mass is 10.0. The number of nitrogens with zero attached hydrogens (tertiary/aromatic N) is 4. The van der Waals surface area contributed by atoms with Crippen LogP contribution in [0.15, 0.2) is 23.7 Å². The first-order valence-corrected chi connectivity index (χ1v) is 8.42. The van der Waals surface area contributed by atoms with Gasteiger partial charge in [0.2, 0.25) is 0 Å². The predicted molar refractivity (Wildman–Crippen MR) is 92.6 cm³/mol. The standard InChI is InChI=1S/C16H30N6O/c1-14(2)15(22-8-10-23-11-9-22)12-20-16(17-3)19-5-7-21-6-4-18-13-21/h4,6,13-15H,5,7-12H2,1-3H3,(H2,17,19,20). The molecule has 7 nitrogen and oxygen atoms in total. The summed E-state index contributed by atoms with van der Waals surface area (Å²) in [4.78, 5) is 10.9. The number of hydrogen-bond donors (Lipinski definition) is 2. The van der Waals surface area contributed by atoms with Gasteiger partial charge in [0.05, 0.1) is 19.5 Å². The molecule has 1 aliphatic heterocycles. The van der Waals surface area contributed by atoms with E-state index in [1.807, 2.05) is 24.1 Å². The largest absolute Gasteiger partial charge is 0.379 e. The summed E-state index contributed by atoms with van der Waals surface area (Å²) in [7, 11) is 1.81. The molecule has 1 unspecified atom stereocenters. The molecule has 7 heteroatoms. The van der Waals surface area contributed by atoms with Crippen molar-refractivity contribution in [3.05, 3.63) is 18.7 Å². The highest BCUT2D eigenvalue weighted by Gasteiger charge is 2.23. The number of aliphatic imine (C=N–C) groups is 1. The van der Waals surface area contributed by atoms with Crippen molar-refractivity contribution in [3.8, 4) is 0 Å². The number of nitrogens with one attached hydrogen (secondary N) is 2. The van der Waals surface area contributed by atoms with Crippen molar-refractivity contribution < 1.29 is 4.74 Å². The van der Waals surface area contributed by atoms with Crippen LogP contribution in [-0.4, -0.2) is 72.9 Å². The van der Waals surface area contributed by atoms with Crippen molar-refractivity contribution in [2.24, 2.45) is 10.9 Å². The second kappa shape index (κ2) is 9.52. The van der Waals surface area contributed by atoms with E-state index in [0.717, 1.165) is 51.9 Å². The molecule has 0 amide bonds. The van der Waals surface area contributed by atoms with Gasteiger partial charge in [-0.15, -0.1) is 0 Å². The molecule has 1 saturated heterocycles. The van der Waals surface area contributed by atoms with Gasteiger partial charge in [-0.1, -0.05) is 13.8 Å². The van der Waals surface area contributed by atoms with E-state index in [4.69, 9.17) is 4.74 Å². The van der Waals surface area contributed by atoms with Gasteiger partial charge in [0.1, 0.15) is 0 Å². The summed E-state index contributed by atoms with van der Waals surface area (Å²) in [6.45, 7) is 10.8. The Balaban J connectivity index is 1.75. The molecule has 1 aromatic rings. The van der Waals surface area contributed by atoms with Crippen LogP contribution < -0.4 is 10.6 Å². The third-order valence-corrected chi connectivity index (χ3v) is 4.21. The van der Waals surface area contributed by atoms with Crippen molar-refractivity contribution in [2.75, 3.05) is 46.4 Å². The fourth-order valence-corrected chi connectivity index (χ4v) is 2.84. The molecule has 2 heterocycles. The Morgan fingerprint density at radius 2 is 2.09 bits per heavy atom. The summed E-state index contributed by atoms with van der Waals surface area (Å²) in [5.74, 6) is 1.44. The number of morpholine rings is 1. The van der Waals surface area contributed by atoms with E-state index in [1.54, 1.807) is 6.20 Å². The summed E-state index contributed by atoms with van der Waals surface area (Å²) in [5.41, 5.74) is 0. The fourth-order valence-electron chi connectivity index (χ4n) is 2.84. The van der Waals surface area contributed by atoms with Crippen LogP contribution in [0.1, 0.15) is 13.8 Å². The van der Waals surface area contributed by atoms with Crippen molar-refractivity contribution in [1.29, 1.82) is 0 Å². The van der Waals surface area contributed by atoms with Crippen molar-refractivity contribution in [1.82, 2.24) is 25.1 Å². The normalized spacial score (nSPS) is 18.2. The Morgan fingerprint density at radius 3 is 2.70 bits per heavy atom. The van der Waals surface area contributed by atoms with Gasteiger partial charge in [0.25, 0.3) is 0 Å². The second-order valence-electron chi connectivity index (χ2n) is 6.14. The predicted octanol–water partition coefficient (Wildman–Crippen LogP) is 0.405. The molecule has 130 valence electrons. The number of rotatable bonds is 7. The van der Waals surface area contributed by atoms with E-state index in [2.05, 4.69) is 39.4 Å². The molecule has 1 atom stereocenters. The van der Waals surface area contributed by atoms with Crippen LogP contribution in [0.4, 0.5) is 0 Å². The Hall–Kier alpha value is -1.60. The lowest BCUT2D eigenvalue weighted by Gasteiger charge is -2.37. The van der Waals surface area contributed by atoms with E-state index < -0.39 is 0 Å². The van der Waals surface area contributed by atoms with Crippen molar-refractivity contribution >= 4 is 5.96 Å². The highest BCUT2D eigenvalue weighted by molar-refractivity contribution is 5.79. The molecule has 23 heavy (non-hydrogen) atoms. The van der Waals surface area contributed by atoms with Gasteiger partial charge in [-0.3, -0.25) is 9.89 Å². The molecular formula is C16H30N6O. The third-order valence-electron chi connectivity index (χ3n) is 4.21. The molecule has 1 fully saturated rings. The number of hydrogen-bond acceptors (Lipinski definition) is 4. The topological polar surface area (TPSA) is 66.7 Å². The van der Waals surface area contributed by atoms with Gasteiger partial charge < -0.3 is 19.9 Å². The molecular weight excluding hydrogens is 292 g/mol. The summed E-state index contributed by atoms with van der Waals surface area (Å²) < 4.78 is 7.51. The Labute approximate surface area is 139 Å². The Bertz CT molecular complexity index is 453. The number of guanidine groups is 1. The average molecular weight is 322 g/mol. The van der Waals surface area contributed by atoms with E-state index in [0.29, 0.717) is 12.0 Å². The van der Waals surface area contributed by atoms with Crippen molar-refractivity contribution in [2.45, 2.75) is 26.4 Å². The first-order valence-electron chi connectivity index (χ1n) is 8.42. The average Bonchev–Trinajstić information content (AvgIpc) is 3.07. The van der Waals surface area contributed by atoms with Gasteiger partial charge in [-0.05, 0) is 5.92 Å². The zero-order valence-corrected chi connectivity index (χ0v) is 14.5. The van der Waals surface area contributed by atoms with Crippen LogP contribution in [0, 0.1) is 5.92 Å². The van der Waals surface area contributed by atoms with E-state index in [1.165, 1.54) is 0 Å². The summed E-state index contributed by atoms with van der Waals surface area (Å²) in [5, 5.41) is 6.81. The molecule has 1 aliphatic rings. The molecule has 0 aromatic carbocycles. The first-order chi connectivity index (χ1) is 11.2. The van der Waals surface area contributed by atoms with Crippen LogP contribution in [-0.2, 0) is 11.3 Å². The van der Waals surface area contributed by atoms with Gasteiger partial charge >= 0.3 is 0 Å². The maximum Gasteiger partial charge on any atom is 0.191 e. The van der Waals surface area contributed by atoms with Crippen LogP contribution >= 0.6 is 0 Å². The van der Waals surface area contributed by atoms with Crippen LogP contribution in [0.3, 0.4) is 0 Å². The van der Waals surface area contributed by atoms with E-state index >= 15 is 0 Å². The Morgan fingerprint density at radius 1 is 1.30 bits per heavy atom. The van der Waals surface area contributed by atoms with Gasteiger partial charge in [-0.2, -0.15) is 0 Å². The van der Waals surface area contributed by atoms with Gasteiger partial charge in [0.15, 0.2) is 5.96 Å². The quantitative estimate of drug-likeness (QED) is 0.562. The van der Waals surface area contributed by atoms with E-state index in [-0.39, 0.29) is 0 Å². The number of imidazole rings is 1. The molecule has 0 spiro atoms. The van der Waals surface area contributed by atoms with Crippen LogP contribution in [0.5, 0.6) is 0 Å². The minimum atomic E-state index is 0.492. The van der Waals surface area contributed by atoms with E-state index in [9.17, 15) is 0 Å². The maximum atomic E-state index is 5.46. The molecule has 0 bridgehead atoms. The summed E-state index contributed by atoms with van der Waals surface area (Å²) in [6, 6.07) is 0.492. The molecule has 2 N–H and O–H groups in total. The molecule has 0 saturated carbocycles. The third kappa shape index (κ3) is 5.84. The van der Waals surface area contributed by atoms with Crippen molar-refractivity contribution in [3.63, 3.8) is 0 Å². The minimum absolute atomic E-state index is 0.492. The first kappa shape index (κ1) is 17.7. The molecule has 1 aromatic heterocycles. The fraction of sp³-hybridized carbons (Fsp3) is 0.750. The monoisotopic (exact) mass is 322 g/mol. The second-order valence-corrected chi connectivity index (χ2v) is 6.14. The SMILES string of the molecule is CN=C(NCCn1ccnc1)NCC(C(C)C)N1CCOCC1. The lowest BCUT2D eigenvalue weighted by molar-refractivity contribution is 0.00752. The molecule has 0 radical (unpaired) electrons. The number of ether oxygens (including phenoxy) is 1. The maximum absolute atomic E-state index is 5.46. The molecule has 0 aliphatic carbocycles. The smallest absolute Gasteiger partial charge is 0.191 e. The zero-order valence-electron chi connectivity index (χ0n) is 14.5. The summed E-state index contributed by atoms with van der Waals surface area (Å²) in [6.07, 6.45) is 5.58. The highest BCUT2D eigenvalue weighted by Crippen LogP contribution is 2.12. The zero-order chi connectivity index (χ0) is 16.5. The van der Waals surface area contributed by atoms with Crippen LogP contribution in [0.25, 0.3) is 0 Å². The van der Waals surface area contributed by atoms with Gasteiger partial charge in [0, 0.05) is 58.2 Å². The highest BCUT2D eigenvalue weighted by atomic mass is 16.5. The molecule has 2 rings (SSSR count). The summed E-state index contributed by atoms with van der Waals surface area (Å²) >= 11 is 0. The number of aromatic nitrogens is 2.